The highest BCUT2D eigenvalue weighted by atomic mass is 32.2. The average molecular weight is 410 g/mol. The van der Waals surface area contributed by atoms with E-state index in [-0.39, 0.29) is 24.9 Å². The number of amidine groups is 2. The van der Waals surface area contributed by atoms with Crippen LogP contribution in [0, 0.1) is 0 Å². The van der Waals surface area contributed by atoms with Crippen molar-refractivity contribution < 1.29 is 12.6 Å². The van der Waals surface area contributed by atoms with Crippen molar-refractivity contribution in [2.75, 3.05) is 18.9 Å². The van der Waals surface area contributed by atoms with Crippen LogP contribution in [0.3, 0.4) is 0 Å². The van der Waals surface area contributed by atoms with Gasteiger partial charge in [-0.15, -0.1) is 0 Å². The fourth-order valence-electron chi connectivity index (χ4n) is 3.19. The van der Waals surface area contributed by atoms with Crippen molar-refractivity contribution in [1.82, 2.24) is 10.4 Å². The smallest absolute Gasteiger partial charge is 0.267 e. The second-order valence-electron chi connectivity index (χ2n) is 6.59. The first-order chi connectivity index (χ1) is 14.1. The molecule has 7 nitrogen and oxygen atoms in total. The summed E-state index contributed by atoms with van der Waals surface area (Å²) < 4.78 is 28.0. The lowest BCUT2D eigenvalue weighted by molar-refractivity contribution is 0.328. The molecule has 0 saturated carbocycles. The van der Waals surface area contributed by atoms with Crippen LogP contribution in [0.4, 0.5) is 0 Å². The normalized spacial score (nSPS) is 19.3. The van der Waals surface area contributed by atoms with Gasteiger partial charge in [0.25, 0.3) is 10.1 Å². The molecule has 8 heteroatoms. The fraction of sp³-hybridized carbons (Fsp3) is 0.238. The number of hydrazine groups is 1. The van der Waals surface area contributed by atoms with Crippen molar-refractivity contribution in [3.63, 3.8) is 0 Å². The van der Waals surface area contributed by atoms with Gasteiger partial charge in [-0.1, -0.05) is 54.6 Å². The summed E-state index contributed by atoms with van der Waals surface area (Å²) in [5.41, 5.74) is 6.46. The molecule has 2 aromatic rings. The van der Waals surface area contributed by atoms with Gasteiger partial charge >= 0.3 is 0 Å². The van der Waals surface area contributed by atoms with E-state index in [9.17, 15) is 8.42 Å². The third kappa shape index (κ3) is 4.23. The molecule has 2 aliphatic rings. The van der Waals surface area contributed by atoms with E-state index >= 15 is 0 Å². The molecule has 150 valence electrons. The van der Waals surface area contributed by atoms with Crippen molar-refractivity contribution >= 4 is 27.9 Å². The number of fused-ring (bicyclic) bond motifs is 3. The number of hydrogen-bond donors (Lipinski definition) is 1. The van der Waals surface area contributed by atoms with Crippen LogP contribution in [0.25, 0.3) is 6.08 Å². The molecule has 1 atom stereocenters. The van der Waals surface area contributed by atoms with Gasteiger partial charge < -0.3 is 0 Å². The topological polar surface area (TPSA) is 83.4 Å². The molecule has 2 aliphatic heterocycles. The predicted octanol–water partition coefficient (Wildman–Crippen LogP) is 2.74. The minimum absolute atomic E-state index is 0.00188. The van der Waals surface area contributed by atoms with Gasteiger partial charge in [0.2, 0.25) is 0 Å². The fourth-order valence-corrected chi connectivity index (χ4v) is 3.69. The molecule has 1 N–H and O–H groups in total. The number of hydrogen-bond acceptors (Lipinski definition) is 6. The third-order valence-corrected chi connectivity index (χ3v) is 5.92. The Kier molecular flexibility index (Phi) is 5.46. The molecule has 0 spiro atoms. The summed E-state index contributed by atoms with van der Waals surface area (Å²) in [5, 5.41) is 1.84. The largest absolute Gasteiger partial charge is 0.278 e. The van der Waals surface area contributed by atoms with Gasteiger partial charge in [0.1, 0.15) is 11.9 Å². The molecule has 1 unspecified atom stereocenters. The Morgan fingerprint density at radius 2 is 1.90 bits per heavy atom. The highest BCUT2D eigenvalue weighted by Gasteiger charge is 2.30. The van der Waals surface area contributed by atoms with Crippen LogP contribution in [-0.2, 0) is 14.3 Å². The summed E-state index contributed by atoms with van der Waals surface area (Å²) in [6.07, 6.45) is 3.93. The number of nitrogens with zero attached hydrogens (tertiary/aromatic N) is 3. The van der Waals surface area contributed by atoms with Crippen LogP contribution >= 0.6 is 0 Å². The minimum atomic E-state index is -3.48. The summed E-state index contributed by atoms with van der Waals surface area (Å²) in [5.74, 6) is 1.40. The lowest BCUT2D eigenvalue weighted by Crippen LogP contribution is -2.50. The zero-order chi connectivity index (χ0) is 20.3. The maximum absolute atomic E-state index is 11.5. The monoisotopic (exact) mass is 410 g/mol. The van der Waals surface area contributed by atoms with E-state index in [1.54, 1.807) is 6.92 Å². The van der Waals surface area contributed by atoms with Crippen LogP contribution < -0.4 is 5.43 Å². The number of nitrogens with one attached hydrogen (secondary N) is 1. The lowest BCUT2D eigenvalue weighted by Gasteiger charge is -2.35. The molecule has 4 rings (SSSR count). The SMILES string of the molecule is CCS(=O)(=O)OCCN=C1NN2C=Cc3ccccc3C2=NC1c1ccccc1. The molecule has 0 aromatic heterocycles. The zero-order valence-electron chi connectivity index (χ0n) is 16.0. The number of rotatable bonds is 6. The van der Waals surface area contributed by atoms with Gasteiger partial charge in [-0.2, -0.15) is 8.42 Å². The Hall–Kier alpha value is -2.97. The molecule has 0 aliphatic carbocycles. The maximum atomic E-state index is 11.5. The molecule has 2 aromatic carbocycles. The van der Waals surface area contributed by atoms with Gasteiger partial charge in [-0.25, -0.2) is 10.0 Å². The van der Waals surface area contributed by atoms with Crippen molar-refractivity contribution in [2.24, 2.45) is 9.98 Å². The zero-order valence-corrected chi connectivity index (χ0v) is 16.8. The molecule has 2 heterocycles. The van der Waals surface area contributed by atoms with E-state index in [0.29, 0.717) is 5.84 Å². The Morgan fingerprint density at radius 3 is 2.69 bits per heavy atom. The van der Waals surface area contributed by atoms with E-state index in [4.69, 9.17) is 9.18 Å². The lowest BCUT2D eigenvalue weighted by atomic mass is 10.0. The molecule has 0 bridgehead atoms. The summed E-state index contributed by atoms with van der Waals surface area (Å²) in [4.78, 5) is 9.54. The molecular weight excluding hydrogens is 388 g/mol. The van der Waals surface area contributed by atoms with Gasteiger partial charge in [0, 0.05) is 11.8 Å². The number of benzene rings is 2. The Labute approximate surface area is 170 Å². The summed E-state index contributed by atoms with van der Waals surface area (Å²) in [6.45, 7) is 1.76. The third-order valence-electron chi connectivity index (χ3n) is 4.68. The van der Waals surface area contributed by atoms with Crippen LogP contribution in [-0.4, -0.2) is 44.0 Å². The highest BCUT2D eigenvalue weighted by molar-refractivity contribution is 7.86. The molecule has 0 radical (unpaired) electrons. The van der Waals surface area contributed by atoms with Crippen molar-refractivity contribution in [3.05, 3.63) is 77.5 Å². The highest BCUT2D eigenvalue weighted by Crippen LogP contribution is 2.28. The van der Waals surface area contributed by atoms with Crippen molar-refractivity contribution in [2.45, 2.75) is 13.0 Å². The Balaban J connectivity index is 1.65. The Morgan fingerprint density at radius 1 is 1.14 bits per heavy atom. The van der Waals surface area contributed by atoms with Gasteiger partial charge in [0.15, 0.2) is 5.84 Å². The average Bonchev–Trinajstić information content (AvgIpc) is 2.76. The quantitative estimate of drug-likeness (QED) is 0.585. The molecule has 0 amide bonds. The van der Waals surface area contributed by atoms with E-state index in [1.807, 2.05) is 65.8 Å². The van der Waals surface area contributed by atoms with Crippen molar-refractivity contribution in [3.8, 4) is 0 Å². The molecular formula is C21H22N4O3S. The first kappa shape index (κ1) is 19.4. The van der Waals surface area contributed by atoms with Crippen LogP contribution in [0.2, 0.25) is 0 Å². The van der Waals surface area contributed by atoms with Crippen LogP contribution in [0.15, 0.2) is 70.8 Å². The summed E-state index contributed by atoms with van der Waals surface area (Å²) in [7, 11) is -3.48. The molecule has 29 heavy (non-hydrogen) atoms. The first-order valence-electron chi connectivity index (χ1n) is 9.45. The van der Waals surface area contributed by atoms with Crippen molar-refractivity contribution in [1.29, 1.82) is 0 Å². The van der Waals surface area contributed by atoms with E-state index in [0.717, 1.165) is 22.5 Å². The van der Waals surface area contributed by atoms with E-state index in [2.05, 4.69) is 16.5 Å². The van der Waals surface area contributed by atoms with Gasteiger partial charge in [0.05, 0.1) is 18.9 Å². The summed E-state index contributed by atoms with van der Waals surface area (Å²) >= 11 is 0. The molecule has 0 saturated heterocycles. The van der Waals surface area contributed by atoms with E-state index in [1.165, 1.54) is 0 Å². The van der Waals surface area contributed by atoms with Crippen LogP contribution in [0.1, 0.15) is 29.7 Å². The Bertz CT molecular complexity index is 1080. The maximum Gasteiger partial charge on any atom is 0.267 e. The molecule has 0 fully saturated rings. The first-order valence-corrected chi connectivity index (χ1v) is 11.0. The second kappa shape index (κ2) is 8.18. The van der Waals surface area contributed by atoms with Gasteiger partial charge in [-0.3, -0.25) is 14.6 Å². The number of aliphatic imine (C=N–C) groups is 2. The second-order valence-corrected chi connectivity index (χ2v) is 8.51. The van der Waals surface area contributed by atoms with Crippen LogP contribution in [0.5, 0.6) is 0 Å². The summed E-state index contributed by atoms with van der Waals surface area (Å²) in [6, 6.07) is 17.7. The van der Waals surface area contributed by atoms with E-state index < -0.39 is 10.1 Å². The standard InChI is InChI=1S/C21H22N4O3S/c1-2-29(26,27)28-15-13-22-20-19(17-9-4-3-5-10-17)23-21-18-11-7-6-8-16(18)12-14-25(21)24-20/h3-12,14,19H,2,13,15H2,1H3,(H,22,24). The predicted molar refractivity (Wildman–Crippen MR) is 114 cm³/mol. The minimum Gasteiger partial charge on any atom is -0.278 e. The van der Waals surface area contributed by atoms with Gasteiger partial charge in [-0.05, 0) is 24.1 Å².